The fourth-order valence-electron chi connectivity index (χ4n) is 4.20. The van der Waals surface area contributed by atoms with Gasteiger partial charge in [-0.1, -0.05) is 40.9 Å². The molecule has 0 aliphatic carbocycles. The van der Waals surface area contributed by atoms with E-state index in [0.717, 1.165) is 27.7 Å². The van der Waals surface area contributed by atoms with E-state index in [1.165, 1.54) is 7.11 Å². The van der Waals surface area contributed by atoms with E-state index < -0.39 is 5.97 Å². The normalized spacial score (nSPS) is 11.1. The van der Waals surface area contributed by atoms with E-state index in [0.29, 0.717) is 52.4 Å². The molecule has 4 rings (SSSR count). The Kier molecular flexibility index (Phi) is 8.24. The first-order valence-electron chi connectivity index (χ1n) is 11.1. The molecule has 3 aromatic carbocycles. The molecule has 0 amide bonds. The van der Waals surface area contributed by atoms with Crippen molar-refractivity contribution in [2.45, 2.75) is 19.4 Å². The Bertz CT molecular complexity index is 1350. The van der Waals surface area contributed by atoms with Crippen LogP contribution in [-0.2, 0) is 24.1 Å². The van der Waals surface area contributed by atoms with Crippen LogP contribution in [0.5, 0.6) is 5.75 Å². The Morgan fingerprint density at radius 3 is 2.40 bits per heavy atom. The lowest BCUT2D eigenvalue weighted by molar-refractivity contribution is 0.0600. The Hall–Kier alpha value is -2.70. The first-order chi connectivity index (χ1) is 16.9. The molecule has 182 valence electrons. The average Bonchev–Trinajstić information content (AvgIpc) is 3.13. The van der Waals surface area contributed by atoms with Crippen LogP contribution in [0.2, 0.25) is 15.1 Å². The minimum absolute atomic E-state index is 0.00821. The molecule has 0 unspecified atom stereocenters. The van der Waals surface area contributed by atoms with E-state index in [1.54, 1.807) is 30.3 Å². The number of benzene rings is 3. The fourth-order valence-corrected chi connectivity index (χ4v) is 4.69. The van der Waals surface area contributed by atoms with Gasteiger partial charge < -0.3 is 19.1 Å². The average molecular weight is 533 g/mol. The molecule has 0 radical (unpaired) electrons. The number of hydrogen-bond donors (Lipinski definition) is 1. The highest BCUT2D eigenvalue weighted by atomic mass is 35.5. The van der Waals surface area contributed by atoms with Crippen LogP contribution in [0.25, 0.3) is 10.9 Å². The monoisotopic (exact) mass is 531 g/mol. The summed E-state index contributed by atoms with van der Waals surface area (Å²) in [5, 5.41) is 12.5. The van der Waals surface area contributed by atoms with E-state index in [1.807, 2.05) is 30.3 Å². The highest BCUT2D eigenvalue weighted by Gasteiger charge is 2.18. The molecule has 0 bridgehead atoms. The summed E-state index contributed by atoms with van der Waals surface area (Å²) in [5.74, 6) is 0.260. The second kappa shape index (κ2) is 11.4. The maximum absolute atomic E-state index is 11.6. The third-order valence-corrected chi connectivity index (χ3v) is 6.79. The van der Waals surface area contributed by atoms with Crippen LogP contribution < -0.4 is 4.74 Å². The van der Waals surface area contributed by atoms with Gasteiger partial charge in [-0.2, -0.15) is 0 Å². The van der Waals surface area contributed by atoms with Crippen LogP contribution in [0.3, 0.4) is 0 Å². The summed E-state index contributed by atoms with van der Waals surface area (Å²) in [4.78, 5) is 11.6. The summed E-state index contributed by atoms with van der Waals surface area (Å²) in [7, 11) is 1.35. The van der Waals surface area contributed by atoms with Gasteiger partial charge in [0.15, 0.2) is 0 Å². The zero-order valence-corrected chi connectivity index (χ0v) is 21.3. The van der Waals surface area contributed by atoms with Gasteiger partial charge in [0.25, 0.3) is 0 Å². The molecule has 0 atom stereocenters. The molecule has 0 spiro atoms. The van der Waals surface area contributed by atoms with E-state index in [2.05, 4.69) is 4.57 Å². The van der Waals surface area contributed by atoms with Crippen LogP contribution in [0.1, 0.15) is 27.2 Å². The highest BCUT2D eigenvalue weighted by Crippen LogP contribution is 2.32. The van der Waals surface area contributed by atoms with Crippen molar-refractivity contribution in [1.82, 2.24) is 4.57 Å². The molecule has 5 nitrogen and oxygen atoms in total. The number of aliphatic hydroxyl groups excluding tert-OH is 1. The van der Waals surface area contributed by atoms with Gasteiger partial charge in [0.1, 0.15) is 5.75 Å². The Morgan fingerprint density at radius 2 is 1.71 bits per heavy atom. The minimum atomic E-state index is -0.392. The summed E-state index contributed by atoms with van der Waals surface area (Å²) in [6.45, 7) is 0.989. The smallest absolute Gasteiger partial charge is 0.337 e. The van der Waals surface area contributed by atoms with Crippen molar-refractivity contribution < 1.29 is 19.4 Å². The van der Waals surface area contributed by atoms with Gasteiger partial charge in [-0.3, -0.25) is 0 Å². The Morgan fingerprint density at radius 1 is 0.943 bits per heavy atom. The molecular weight excluding hydrogens is 509 g/mol. The first kappa shape index (κ1) is 25.4. The number of nitrogens with zero attached hydrogens (tertiary/aromatic N) is 1. The van der Waals surface area contributed by atoms with Gasteiger partial charge in [0, 0.05) is 47.6 Å². The molecule has 1 heterocycles. The SMILES string of the molecule is COC(=O)c1ccc(OCCc2c(CCO)n(Cc3ccc(Cl)c(Cl)c3)c3ccc(Cl)cc23)cc1. The van der Waals surface area contributed by atoms with Gasteiger partial charge in [0.05, 0.1) is 29.3 Å². The largest absolute Gasteiger partial charge is 0.493 e. The van der Waals surface area contributed by atoms with Crippen molar-refractivity contribution in [3.63, 3.8) is 0 Å². The number of esters is 1. The van der Waals surface area contributed by atoms with Crippen molar-refractivity contribution in [3.05, 3.63) is 98.1 Å². The molecule has 0 aliphatic rings. The quantitative estimate of drug-likeness (QED) is 0.247. The molecule has 0 fully saturated rings. The second-order valence-corrected chi connectivity index (χ2v) is 9.26. The number of methoxy groups -OCH3 is 1. The molecule has 35 heavy (non-hydrogen) atoms. The van der Waals surface area contributed by atoms with Gasteiger partial charge in [-0.05, 0) is 65.7 Å². The number of rotatable bonds is 9. The lowest BCUT2D eigenvalue weighted by Gasteiger charge is -2.13. The predicted molar refractivity (Wildman–Crippen MR) is 140 cm³/mol. The highest BCUT2D eigenvalue weighted by molar-refractivity contribution is 6.42. The summed E-state index contributed by atoms with van der Waals surface area (Å²) in [6.07, 6.45) is 1.09. The zero-order chi connectivity index (χ0) is 24.9. The lowest BCUT2D eigenvalue weighted by atomic mass is 10.1. The van der Waals surface area contributed by atoms with Crippen molar-refractivity contribution in [3.8, 4) is 5.75 Å². The van der Waals surface area contributed by atoms with Crippen molar-refractivity contribution in [1.29, 1.82) is 0 Å². The first-order valence-corrected chi connectivity index (χ1v) is 12.2. The van der Waals surface area contributed by atoms with Crippen LogP contribution >= 0.6 is 34.8 Å². The number of fused-ring (bicyclic) bond motifs is 1. The van der Waals surface area contributed by atoms with Crippen LogP contribution in [0, 0.1) is 0 Å². The standard InChI is InChI=1S/C27H24Cl3NO4/c1-34-27(33)18-3-6-20(7-4-18)35-13-11-21-22-15-19(28)5-9-25(22)31(26(21)10-12-32)16-17-2-8-23(29)24(30)14-17/h2-9,14-15,32H,10-13,16H2,1H3. The maximum atomic E-state index is 11.6. The minimum Gasteiger partial charge on any atom is -0.493 e. The third kappa shape index (κ3) is 5.76. The fraction of sp³-hybridized carbons (Fsp3) is 0.222. The van der Waals surface area contributed by atoms with E-state index in [-0.39, 0.29) is 6.61 Å². The summed E-state index contributed by atoms with van der Waals surface area (Å²) in [6, 6.07) is 18.2. The molecule has 8 heteroatoms. The maximum Gasteiger partial charge on any atom is 0.337 e. The van der Waals surface area contributed by atoms with E-state index in [9.17, 15) is 9.90 Å². The van der Waals surface area contributed by atoms with Crippen molar-refractivity contribution in [2.75, 3.05) is 20.3 Å². The molecule has 0 aliphatic heterocycles. The van der Waals surface area contributed by atoms with Crippen LogP contribution in [0.15, 0.2) is 60.7 Å². The van der Waals surface area contributed by atoms with Gasteiger partial charge in [-0.25, -0.2) is 4.79 Å². The molecule has 4 aromatic rings. The molecule has 0 saturated heterocycles. The number of carbonyl (C=O) groups excluding carboxylic acids is 1. The number of ether oxygens (including phenoxy) is 2. The Labute approximate surface area is 218 Å². The van der Waals surface area contributed by atoms with Crippen LogP contribution in [0.4, 0.5) is 0 Å². The summed E-state index contributed by atoms with van der Waals surface area (Å²) >= 11 is 18.7. The number of halogens is 3. The molecule has 0 saturated carbocycles. The summed E-state index contributed by atoms with van der Waals surface area (Å²) < 4.78 is 12.9. The topological polar surface area (TPSA) is 60.7 Å². The van der Waals surface area contributed by atoms with Crippen molar-refractivity contribution >= 4 is 51.7 Å². The molecule has 1 aromatic heterocycles. The van der Waals surface area contributed by atoms with Crippen molar-refractivity contribution in [2.24, 2.45) is 0 Å². The van der Waals surface area contributed by atoms with E-state index in [4.69, 9.17) is 44.3 Å². The number of aliphatic hydroxyl groups is 1. The second-order valence-electron chi connectivity index (χ2n) is 8.01. The predicted octanol–water partition coefficient (Wildman–Crippen LogP) is 6.59. The van der Waals surface area contributed by atoms with Gasteiger partial charge in [0.2, 0.25) is 0 Å². The number of aromatic nitrogens is 1. The zero-order valence-electron chi connectivity index (χ0n) is 19.1. The van der Waals surface area contributed by atoms with E-state index >= 15 is 0 Å². The Balaban J connectivity index is 1.63. The lowest BCUT2D eigenvalue weighted by Crippen LogP contribution is -2.10. The van der Waals surface area contributed by atoms with Crippen LogP contribution in [-0.4, -0.2) is 36.0 Å². The summed E-state index contributed by atoms with van der Waals surface area (Å²) in [5.41, 5.74) is 4.56. The van der Waals surface area contributed by atoms with Gasteiger partial charge in [-0.15, -0.1) is 0 Å². The number of carbonyl (C=O) groups is 1. The third-order valence-electron chi connectivity index (χ3n) is 5.82. The molecular formula is C27H24Cl3NO4. The van der Waals surface area contributed by atoms with Gasteiger partial charge >= 0.3 is 5.97 Å². The molecule has 1 N–H and O–H groups in total. The number of hydrogen-bond acceptors (Lipinski definition) is 4.